The van der Waals surface area contributed by atoms with Crippen LogP contribution < -0.4 is 0 Å². The second kappa shape index (κ2) is 10.7. The van der Waals surface area contributed by atoms with Crippen LogP contribution in [0.25, 0.3) is 10.9 Å². The average Bonchev–Trinajstić information content (AvgIpc) is 3.24. The Bertz CT molecular complexity index is 908. The molecule has 0 radical (unpaired) electrons. The molecule has 0 saturated carbocycles. The van der Waals surface area contributed by atoms with Crippen LogP contribution >= 0.6 is 0 Å². The SMILES string of the molecule is C.C=C.O=C(c1cccc2cc[nH]c12)C1CCN(CCc2ccc(F)cc2)CC1. The zero-order valence-corrected chi connectivity index (χ0v) is 16.2. The van der Waals surface area contributed by atoms with E-state index in [9.17, 15) is 9.18 Å². The lowest BCUT2D eigenvalue weighted by molar-refractivity contribution is 0.0842. The quantitative estimate of drug-likeness (QED) is 0.433. The van der Waals surface area contributed by atoms with Gasteiger partial charge in [0, 0.05) is 29.6 Å². The lowest BCUT2D eigenvalue weighted by atomic mass is 9.88. The standard InChI is InChI=1S/C22H23FN2O.C2H4.CH4/c23-19-6-4-16(5-7-19)9-13-25-14-10-18(11-15-25)22(26)20-3-1-2-17-8-12-24-21(17)20;1-2;/h1-8,12,18,24H,9-11,13-15H2;1-2H2;1H4. The summed E-state index contributed by atoms with van der Waals surface area (Å²) in [7, 11) is 0. The van der Waals surface area contributed by atoms with Crippen molar-refractivity contribution >= 4 is 16.7 Å². The van der Waals surface area contributed by atoms with Crippen LogP contribution in [0.4, 0.5) is 4.39 Å². The number of nitrogens with zero attached hydrogens (tertiary/aromatic N) is 1. The zero-order chi connectivity index (χ0) is 19.9. The van der Waals surface area contributed by atoms with Gasteiger partial charge in [-0.2, -0.15) is 0 Å². The van der Waals surface area contributed by atoms with Crippen molar-refractivity contribution in [3.8, 4) is 0 Å². The first-order valence-corrected chi connectivity index (χ1v) is 9.78. The maximum Gasteiger partial charge on any atom is 0.168 e. The smallest absolute Gasteiger partial charge is 0.168 e. The van der Waals surface area contributed by atoms with Gasteiger partial charge in [-0.05, 0) is 62.2 Å². The van der Waals surface area contributed by atoms with Gasteiger partial charge in [-0.25, -0.2) is 4.39 Å². The Labute approximate surface area is 173 Å². The number of para-hydroxylation sites is 1. The molecule has 2 heterocycles. The third kappa shape index (κ3) is 5.42. The van der Waals surface area contributed by atoms with Gasteiger partial charge in [0.15, 0.2) is 5.78 Å². The fourth-order valence-electron chi connectivity index (χ4n) is 3.87. The molecule has 0 spiro atoms. The molecule has 1 aromatic heterocycles. The highest BCUT2D eigenvalue weighted by atomic mass is 19.1. The largest absolute Gasteiger partial charge is 0.361 e. The Hall–Kier alpha value is -2.72. The third-order valence-corrected chi connectivity index (χ3v) is 5.44. The number of hydrogen-bond donors (Lipinski definition) is 1. The molecule has 1 aliphatic rings. The van der Waals surface area contributed by atoms with Gasteiger partial charge in [-0.1, -0.05) is 31.7 Å². The minimum Gasteiger partial charge on any atom is -0.361 e. The van der Waals surface area contributed by atoms with Crippen LogP contribution in [-0.4, -0.2) is 35.3 Å². The van der Waals surface area contributed by atoms with E-state index in [1.54, 1.807) is 0 Å². The van der Waals surface area contributed by atoms with E-state index in [0.717, 1.165) is 60.9 Å². The number of likely N-dealkylation sites (tertiary alicyclic amines) is 1. The molecular formula is C25H31FN2O. The third-order valence-electron chi connectivity index (χ3n) is 5.44. The highest BCUT2D eigenvalue weighted by molar-refractivity contribution is 6.07. The van der Waals surface area contributed by atoms with Gasteiger partial charge in [0.25, 0.3) is 0 Å². The van der Waals surface area contributed by atoms with Crippen molar-refractivity contribution in [2.75, 3.05) is 19.6 Å². The number of Topliss-reactive ketones (excluding diaryl/α,β-unsaturated/α-hetero) is 1. The highest BCUT2D eigenvalue weighted by Gasteiger charge is 2.26. The molecular weight excluding hydrogens is 363 g/mol. The van der Waals surface area contributed by atoms with E-state index >= 15 is 0 Å². The molecule has 0 unspecified atom stereocenters. The Balaban J connectivity index is 0.000000970. The summed E-state index contributed by atoms with van der Waals surface area (Å²) in [6.07, 6.45) is 4.61. The van der Waals surface area contributed by atoms with Gasteiger partial charge in [-0.3, -0.25) is 4.79 Å². The lowest BCUT2D eigenvalue weighted by Gasteiger charge is -2.31. The number of H-pyrrole nitrogens is 1. The maximum atomic E-state index is 13.0. The van der Waals surface area contributed by atoms with Gasteiger partial charge in [0.1, 0.15) is 5.82 Å². The summed E-state index contributed by atoms with van der Waals surface area (Å²) >= 11 is 0. The lowest BCUT2D eigenvalue weighted by Crippen LogP contribution is -2.37. The number of carbonyl (C=O) groups excluding carboxylic acids is 1. The Morgan fingerprint density at radius 3 is 2.45 bits per heavy atom. The minimum atomic E-state index is -0.190. The average molecular weight is 395 g/mol. The number of hydrogen-bond acceptors (Lipinski definition) is 2. The first kappa shape index (κ1) is 22.6. The second-order valence-electron chi connectivity index (χ2n) is 7.10. The van der Waals surface area contributed by atoms with Gasteiger partial charge in [0.05, 0.1) is 5.52 Å². The van der Waals surface area contributed by atoms with Gasteiger partial charge < -0.3 is 9.88 Å². The number of rotatable bonds is 5. The maximum absolute atomic E-state index is 13.0. The number of nitrogens with one attached hydrogen (secondary N) is 1. The Morgan fingerprint density at radius 2 is 1.76 bits per heavy atom. The van der Waals surface area contributed by atoms with Crippen LogP contribution in [0.1, 0.15) is 36.2 Å². The molecule has 0 amide bonds. The summed E-state index contributed by atoms with van der Waals surface area (Å²) in [6, 6.07) is 14.7. The Morgan fingerprint density at radius 1 is 1.07 bits per heavy atom. The van der Waals surface area contributed by atoms with E-state index < -0.39 is 0 Å². The number of carbonyl (C=O) groups is 1. The van der Waals surface area contributed by atoms with Gasteiger partial charge >= 0.3 is 0 Å². The summed E-state index contributed by atoms with van der Waals surface area (Å²) in [6.45, 7) is 8.84. The summed E-state index contributed by atoms with van der Waals surface area (Å²) in [5.41, 5.74) is 2.93. The van der Waals surface area contributed by atoms with Crippen LogP contribution in [0.15, 0.2) is 67.9 Å². The van der Waals surface area contributed by atoms with Crippen LogP contribution in [0.3, 0.4) is 0 Å². The molecule has 0 aliphatic carbocycles. The first-order chi connectivity index (χ1) is 13.7. The van der Waals surface area contributed by atoms with E-state index in [1.807, 2.05) is 42.6 Å². The fraction of sp³-hybridized carbons (Fsp3) is 0.320. The van der Waals surface area contributed by atoms with Crippen LogP contribution in [0.5, 0.6) is 0 Å². The van der Waals surface area contributed by atoms with Crippen molar-refractivity contribution in [3.63, 3.8) is 0 Å². The monoisotopic (exact) mass is 394 g/mol. The second-order valence-corrected chi connectivity index (χ2v) is 7.10. The van der Waals surface area contributed by atoms with Crippen molar-refractivity contribution in [1.82, 2.24) is 9.88 Å². The highest BCUT2D eigenvalue weighted by Crippen LogP contribution is 2.26. The van der Waals surface area contributed by atoms with Crippen molar-refractivity contribution in [2.45, 2.75) is 26.7 Å². The summed E-state index contributed by atoms with van der Waals surface area (Å²) in [4.78, 5) is 18.6. The fourth-order valence-corrected chi connectivity index (χ4v) is 3.87. The number of benzene rings is 2. The first-order valence-electron chi connectivity index (χ1n) is 9.78. The van der Waals surface area contributed by atoms with Crippen LogP contribution in [0, 0.1) is 11.7 Å². The van der Waals surface area contributed by atoms with E-state index in [4.69, 9.17) is 0 Å². The summed E-state index contributed by atoms with van der Waals surface area (Å²) in [5.74, 6) is 0.173. The molecule has 3 aromatic rings. The Kier molecular flexibility index (Phi) is 8.34. The number of fused-ring (bicyclic) bond motifs is 1. The predicted molar refractivity (Wildman–Crippen MR) is 120 cm³/mol. The minimum absolute atomic E-state index is 0. The molecule has 4 heteroatoms. The predicted octanol–water partition coefficient (Wildman–Crippen LogP) is 5.88. The van der Waals surface area contributed by atoms with E-state index in [-0.39, 0.29) is 24.9 Å². The number of aromatic nitrogens is 1. The molecule has 154 valence electrons. The van der Waals surface area contributed by atoms with Gasteiger partial charge in [-0.15, -0.1) is 13.2 Å². The molecule has 0 bridgehead atoms. The molecule has 1 fully saturated rings. The van der Waals surface area contributed by atoms with Gasteiger partial charge in [0.2, 0.25) is 0 Å². The molecule has 29 heavy (non-hydrogen) atoms. The van der Waals surface area contributed by atoms with E-state index in [1.165, 1.54) is 12.1 Å². The number of ketones is 1. The molecule has 1 saturated heterocycles. The zero-order valence-electron chi connectivity index (χ0n) is 16.2. The molecule has 3 nitrogen and oxygen atoms in total. The van der Waals surface area contributed by atoms with Crippen molar-refractivity contribution in [3.05, 3.63) is 84.8 Å². The van der Waals surface area contributed by atoms with E-state index in [0.29, 0.717) is 0 Å². The van der Waals surface area contributed by atoms with Crippen LogP contribution in [0.2, 0.25) is 0 Å². The molecule has 2 aromatic carbocycles. The molecule has 1 aliphatic heterocycles. The van der Waals surface area contributed by atoms with E-state index in [2.05, 4.69) is 23.0 Å². The summed E-state index contributed by atoms with van der Waals surface area (Å²) < 4.78 is 13.0. The number of aromatic amines is 1. The normalized spacial score (nSPS) is 14.7. The summed E-state index contributed by atoms with van der Waals surface area (Å²) in [5, 5.41) is 1.09. The number of halogens is 1. The number of piperidine rings is 1. The van der Waals surface area contributed by atoms with Crippen molar-refractivity contribution in [2.24, 2.45) is 5.92 Å². The molecule has 1 N–H and O–H groups in total. The van der Waals surface area contributed by atoms with Crippen molar-refractivity contribution in [1.29, 1.82) is 0 Å². The van der Waals surface area contributed by atoms with Crippen LogP contribution in [-0.2, 0) is 6.42 Å². The van der Waals surface area contributed by atoms with Crippen molar-refractivity contribution < 1.29 is 9.18 Å². The topological polar surface area (TPSA) is 36.1 Å². The molecule has 4 rings (SSSR count). The molecule has 0 atom stereocenters.